The fraction of sp³-hybridized carbons (Fsp3) is 0.235. The summed E-state index contributed by atoms with van der Waals surface area (Å²) in [6.45, 7) is 6.71. The summed E-state index contributed by atoms with van der Waals surface area (Å²) in [6, 6.07) is 5.43. The zero-order valence-corrected chi connectivity index (χ0v) is 12.9. The molecule has 5 heteroatoms. The van der Waals surface area contributed by atoms with E-state index in [1.807, 2.05) is 0 Å². The van der Waals surface area contributed by atoms with Crippen molar-refractivity contribution in [1.82, 2.24) is 0 Å². The van der Waals surface area contributed by atoms with Crippen molar-refractivity contribution in [2.24, 2.45) is 0 Å². The van der Waals surface area contributed by atoms with Crippen molar-refractivity contribution in [1.29, 1.82) is 0 Å². The molecule has 0 N–H and O–H groups in total. The summed E-state index contributed by atoms with van der Waals surface area (Å²) in [7, 11) is 0. The van der Waals surface area contributed by atoms with Crippen molar-refractivity contribution < 1.29 is 14.1 Å². The van der Waals surface area contributed by atoms with E-state index < -0.39 is 4.92 Å². The van der Waals surface area contributed by atoms with Crippen LogP contribution >= 0.6 is 0 Å². The van der Waals surface area contributed by atoms with Crippen LogP contribution in [0.15, 0.2) is 24.3 Å². The highest BCUT2D eigenvalue weighted by Gasteiger charge is 2.21. The van der Waals surface area contributed by atoms with Crippen molar-refractivity contribution in [2.45, 2.75) is 27.7 Å². The van der Waals surface area contributed by atoms with Crippen LogP contribution in [0.25, 0.3) is 0 Å². The number of halogens is 1. The van der Waals surface area contributed by atoms with Gasteiger partial charge in [-0.3, -0.25) is 14.9 Å². The van der Waals surface area contributed by atoms with Gasteiger partial charge < -0.3 is 0 Å². The standard InChI is InChI=1S/C17H16FNO3/c1-9-11(3)16(18)12(4)10(2)15(9)17(20)13-5-7-14(8-6-13)19(21)22/h5-8H,1-4H3. The fourth-order valence-corrected chi connectivity index (χ4v) is 2.49. The Kier molecular flexibility index (Phi) is 4.08. The average Bonchev–Trinajstić information content (AvgIpc) is 2.51. The molecule has 0 unspecified atom stereocenters. The minimum absolute atomic E-state index is 0.0727. The topological polar surface area (TPSA) is 60.2 Å². The normalized spacial score (nSPS) is 10.6. The van der Waals surface area contributed by atoms with Crippen LogP contribution in [-0.4, -0.2) is 10.7 Å². The lowest BCUT2D eigenvalue weighted by Gasteiger charge is -2.15. The SMILES string of the molecule is Cc1c(C)c(C(=O)c2ccc([N+](=O)[O-])cc2)c(C)c(C)c1F. The average molecular weight is 301 g/mol. The first kappa shape index (κ1) is 15.8. The Bertz CT molecular complexity index is 750. The third kappa shape index (κ3) is 2.50. The minimum atomic E-state index is -0.517. The summed E-state index contributed by atoms with van der Waals surface area (Å²) < 4.78 is 14.1. The molecule has 2 rings (SSSR count). The second-order valence-electron chi connectivity index (χ2n) is 5.32. The van der Waals surface area contributed by atoms with Crippen LogP contribution in [0.4, 0.5) is 10.1 Å². The molecule has 0 aromatic heterocycles. The zero-order chi connectivity index (χ0) is 16.6. The van der Waals surface area contributed by atoms with Crippen molar-refractivity contribution in [2.75, 3.05) is 0 Å². The Morgan fingerprint density at radius 2 is 1.41 bits per heavy atom. The largest absolute Gasteiger partial charge is 0.289 e. The predicted molar refractivity (Wildman–Crippen MR) is 81.9 cm³/mol. The van der Waals surface area contributed by atoms with E-state index in [1.54, 1.807) is 27.7 Å². The van der Waals surface area contributed by atoms with Gasteiger partial charge in [0.2, 0.25) is 0 Å². The third-order valence-corrected chi connectivity index (χ3v) is 4.10. The van der Waals surface area contributed by atoms with Crippen LogP contribution in [0.2, 0.25) is 0 Å². The number of carbonyl (C=O) groups excluding carboxylic acids is 1. The first-order chi connectivity index (χ1) is 10.3. The number of carbonyl (C=O) groups is 1. The quantitative estimate of drug-likeness (QED) is 0.485. The van der Waals surface area contributed by atoms with Gasteiger partial charge in [-0.1, -0.05) is 0 Å². The molecule has 0 heterocycles. The summed E-state index contributed by atoms with van der Waals surface area (Å²) in [4.78, 5) is 22.8. The molecule has 0 saturated heterocycles. The Balaban J connectivity index is 2.57. The third-order valence-electron chi connectivity index (χ3n) is 4.10. The minimum Gasteiger partial charge on any atom is -0.289 e. The van der Waals surface area contributed by atoms with E-state index in [9.17, 15) is 19.3 Å². The van der Waals surface area contributed by atoms with Crippen molar-refractivity contribution in [3.8, 4) is 0 Å². The summed E-state index contributed by atoms with van der Waals surface area (Å²) in [5.74, 6) is -0.550. The molecule has 0 saturated carbocycles. The molecule has 0 atom stereocenters. The van der Waals surface area contributed by atoms with E-state index in [-0.39, 0.29) is 17.3 Å². The van der Waals surface area contributed by atoms with Gasteiger partial charge in [0.1, 0.15) is 5.82 Å². The highest BCUT2D eigenvalue weighted by atomic mass is 19.1. The first-order valence-electron chi connectivity index (χ1n) is 6.80. The summed E-state index contributed by atoms with van der Waals surface area (Å²) >= 11 is 0. The number of hydrogen-bond acceptors (Lipinski definition) is 3. The van der Waals surface area contributed by atoms with Gasteiger partial charge in [-0.05, 0) is 62.1 Å². The molecule has 0 bridgehead atoms. The summed E-state index contributed by atoms with van der Waals surface area (Å²) in [6.07, 6.45) is 0. The lowest BCUT2D eigenvalue weighted by molar-refractivity contribution is -0.384. The van der Waals surface area contributed by atoms with Gasteiger partial charge in [0.25, 0.3) is 5.69 Å². The number of ketones is 1. The Hall–Kier alpha value is -2.56. The molecular weight excluding hydrogens is 285 g/mol. The number of nitro benzene ring substituents is 1. The predicted octanol–water partition coefficient (Wildman–Crippen LogP) is 4.20. The van der Waals surface area contributed by atoms with Crippen LogP contribution in [-0.2, 0) is 0 Å². The molecule has 2 aromatic carbocycles. The fourth-order valence-electron chi connectivity index (χ4n) is 2.49. The number of non-ortho nitro benzene ring substituents is 1. The Labute approximate surface area is 127 Å². The van der Waals surface area contributed by atoms with Crippen LogP contribution < -0.4 is 0 Å². The summed E-state index contributed by atoms with van der Waals surface area (Å²) in [5, 5.41) is 10.7. The van der Waals surface area contributed by atoms with Gasteiger partial charge >= 0.3 is 0 Å². The Morgan fingerprint density at radius 3 is 1.82 bits per heavy atom. The molecule has 114 valence electrons. The van der Waals surface area contributed by atoms with E-state index in [1.165, 1.54) is 24.3 Å². The molecule has 0 aliphatic rings. The van der Waals surface area contributed by atoms with Crippen LogP contribution in [0, 0.1) is 43.6 Å². The number of benzene rings is 2. The van der Waals surface area contributed by atoms with Crippen LogP contribution in [0.5, 0.6) is 0 Å². The second kappa shape index (κ2) is 5.67. The first-order valence-corrected chi connectivity index (χ1v) is 6.80. The van der Waals surface area contributed by atoms with Crippen molar-refractivity contribution in [3.05, 3.63) is 73.6 Å². The van der Waals surface area contributed by atoms with E-state index >= 15 is 0 Å². The van der Waals surface area contributed by atoms with Gasteiger partial charge in [0, 0.05) is 23.3 Å². The number of nitro groups is 1. The van der Waals surface area contributed by atoms with E-state index in [2.05, 4.69) is 0 Å². The maximum Gasteiger partial charge on any atom is 0.269 e. The van der Waals surface area contributed by atoms with Crippen LogP contribution in [0.1, 0.15) is 38.2 Å². The number of hydrogen-bond donors (Lipinski definition) is 0. The molecule has 2 aromatic rings. The van der Waals surface area contributed by atoms with Gasteiger partial charge in [0.15, 0.2) is 5.78 Å². The number of rotatable bonds is 3. The van der Waals surface area contributed by atoms with Crippen LogP contribution in [0.3, 0.4) is 0 Å². The number of nitrogens with zero attached hydrogens (tertiary/aromatic N) is 1. The van der Waals surface area contributed by atoms with E-state index in [0.717, 1.165) is 0 Å². The molecule has 0 fully saturated rings. The Morgan fingerprint density at radius 1 is 0.955 bits per heavy atom. The lowest BCUT2D eigenvalue weighted by atomic mass is 9.89. The second-order valence-corrected chi connectivity index (χ2v) is 5.32. The maximum absolute atomic E-state index is 14.1. The molecule has 22 heavy (non-hydrogen) atoms. The van der Waals surface area contributed by atoms with E-state index in [4.69, 9.17) is 0 Å². The van der Waals surface area contributed by atoms with Crippen molar-refractivity contribution in [3.63, 3.8) is 0 Å². The summed E-state index contributed by atoms with van der Waals surface area (Å²) in [5.41, 5.74) is 2.85. The molecule has 0 amide bonds. The molecule has 0 aliphatic carbocycles. The molecular formula is C17H16FNO3. The highest BCUT2D eigenvalue weighted by Crippen LogP contribution is 2.27. The van der Waals surface area contributed by atoms with Gasteiger partial charge in [-0.15, -0.1) is 0 Å². The molecule has 0 radical (unpaired) electrons. The van der Waals surface area contributed by atoms with Crippen molar-refractivity contribution >= 4 is 11.5 Å². The maximum atomic E-state index is 14.1. The van der Waals surface area contributed by atoms with E-state index in [0.29, 0.717) is 33.4 Å². The van der Waals surface area contributed by atoms with Gasteiger partial charge in [0.05, 0.1) is 4.92 Å². The zero-order valence-electron chi connectivity index (χ0n) is 12.9. The molecule has 0 spiro atoms. The highest BCUT2D eigenvalue weighted by molar-refractivity contribution is 6.11. The van der Waals surface area contributed by atoms with Gasteiger partial charge in [-0.25, -0.2) is 4.39 Å². The van der Waals surface area contributed by atoms with Gasteiger partial charge in [-0.2, -0.15) is 0 Å². The molecule has 4 nitrogen and oxygen atoms in total. The lowest BCUT2D eigenvalue weighted by Crippen LogP contribution is -2.11. The molecule has 0 aliphatic heterocycles. The monoisotopic (exact) mass is 301 g/mol. The smallest absolute Gasteiger partial charge is 0.269 e.